The number of Topliss-reactive ketones (excluding diaryl/α,β-unsaturated/α-hetero) is 1. The number of carbonyl (C=O) groups excluding carboxylic acids is 4. The molecule has 1 aliphatic rings. The molecule has 1 saturated heterocycles. The first-order chi connectivity index (χ1) is 16.8. The van der Waals surface area contributed by atoms with Crippen molar-refractivity contribution in [3.63, 3.8) is 0 Å². The van der Waals surface area contributed by atoms with Crippen LogP contribution in [0.1, 0.15) is 34.6 Å². The molecular formula is C26H28N4O5. The van der Waals surface area contributed by atoms with E-state index in [2.05, 4.69) is 10.3 Å². The third kappa shape index (κ3) is 5.34. The molecule has 0 aliphatic carbocycles. The molecule has 9 nitrogen and oxygen atoms in total. The fraction of sp³-hybridized carbons (Fsp3) is 0.308. The minimum atomic E-state index is -0.640. The van der Waals surface area contributed by atoms with Crippen LogP contribution in [-0.4, -0.2) is 71.3 Å². The van der Waals surface area contributed by atoms with E-state index in [0.717, 1.165) is 0 Å². The zero-order valence-corrected chi connectivity index (χ0v) is 19.7. The number of aromatic nitrogens is 1. The van der Waals surface area contributed by atoms with Gasteiger partial charge in [0, 0.05) is 43.3 Å². The lowest BCUT2D eigenvalue weighted by molar-refractivity contribution is -0.127. The van der Waals surface area contributed by atoms with Crippen molar-refractivity contribution in [1.29, 1.82) is 0 Å². The number of para-hydroxylation sites is 1. The van der Waals surface area contributed by atoms with Gasteiger partial charge in [0.15, 0.2) is 0 Å². The van der Waals surface area contributed by atoms with Gasteiger partial charge < -0.3 is 19.5 Å². The van der Waals surface area contributed by atoms with Crippen LogP contribution in [0.25, 0.3) is 10.9 Å². The van der Waals surface area contributed by atoms with Gasteiger partial charge in [-0.1, -0.05) is 44.2 Å². The van der Waals surface area contributed by atoms with E-state index in [9.17, 15) is 19.2 Å². The van der Waals surface area contributed by atoms with Crippen molar-refractivity contribution in [2.45, 2.75) is 13.8 Å². The molecule has 0 spiro atoms. The quantitative estimate of drug-likeness (QED) is 0.418. The highest BCUT2D eigenvalue weighted by Crippen LogP contribution is 2.26. The highest BCUT2D eigenvalue weighted by molar-refractivity contribution is 6.45. The van der Waals surface area contributed by atoms with E-state index in [4.69, 9.17) is 4.74 Å². The van der Waals surface area contributed by atoms with Gasteiger partial charge in [-0.3, -0.25) is 19.7 Å². The summed E-state index contributed by atoms with van der Waals surface area (Å²) in [4.78, 5) is 56.9. The normalized spacial score (nSPS) is 13.7. The Morgan fingerprint density at radius 2 is 1.63 bits per heavy atom. The zero-order chi connectivity index (χ0) is 24.9. The predicted molar refractivity (Wildman–Crippen MR) is 131 cm³/mol. The standard InChI is InChI=1S/C26H28N4O5/c1-17(2)16-35-26(34)28-21-10-6-9-19-20(15-27-22(19)21)23(31)25(33)30-13-11-29(12-14-30)24(32)18-7-4-3-5-8-18/h3-10,15,17,27H,11-14,16H2,1-2H3,(H,28,34). The molecule has 182 valence electrons. The Hall–Kier alpha value is -4.14. The average molecular weight is 477 g/mol. The van der Waals surface area contributed by atoms with Crippen LogP contribution in [0.15, 0.2) is 54.7 Å². The molecule has 3 aromatic rings. The number of fused-ring (bicyclic) bond motifs is 1. The van der Waals surface area contributed by atoms with Gasteiger partial charge in [-0.15, -0.1) is 0 Å². The number of nitrogens with one attached hydrogen (secondary N) is 2. The molecule has 0 saturated carbocycles. The lowest BCUT2D eigenvalue weighted by atomic mass is 10.1. The molecule has 0 radical (unpaired) electrons. The van der Waals surface area contributed by atoms with Crippen LogP contribution in [0.4, 0.5) is 10.5 Å². The molecular weight excluding hydrogens is 448 g/mol. The van der Waals surface area contributed by atoms with Crippen LogP contribution < -0.4 is 5.32 Å². The number of carbonyl (C=O) groups is 4. The number of benzene rings is 2. The molecule has 0 atom stereocenters. The number of ketones is 1. The second-order valence-corrected chi connectivity index (χ2v) is 8.83. The third-order valence-electron chi connectivity index (χ3n) is 5.81. The summed E-state index contributed by atoms with van der Waals surface area (Å²) in [5, 5.41) is 3.21. The van der Waals surface area contributed by atoms with E-state index in [1.807, 2.05) is 32.0 Å². The van der Waals surface area contributed by atoms with Crippen LogP contribution in [0, 0.1) is 5.92 Å². The molecule has 2 N–H and O–H groups in total. The van der Waals surface area contributed by atoms with Gasteiger partial charge >= 0.3 is 6.09 Å². The lowest BCUT2D eigenvalue weighted by Crippen LogP contribution is -2.52. The number of nitrogens with zero attached hydrogens (tertiary/aromatic N) is 2. The zero-order valence-electron chi connectivity index (χ0n) is 19.7. The fourth-order valence-corrected chi connectivity index (χ4v) is 3.97. The smallest absolute Gasteiger partial charge is 0.411 e. The Bertz CT molecular complexity index is 1240. The van der Waals surface area contributed by atoms with E-state index in [0.29, 0.717) is 35.2 Å². The summed E-state index contributed by atoms with van der Waals surface area (Å²) in [6.45, 7) is 5.43. The maximum atomic E-state index is 13.1. The van der Waals surface area contributed by atoms with E-state index in [1.165, 1.54) is 11.1 Å². The number of rotatable bonds is 6. The Labute approximate surface area is 203 Å². The Morgan fingerprint density at radius 3 is 2.31 bits per heavy atom. The third-order valence-corrected chi connectivity index (χ3v) is 5.81. The summed E-state index contributed by atoms with van der Waals surface area (Å²) in [5.41, 5.74) is 1.81. The van der Waals surface area contributed by atoms with Crippen LogP contribution in [0.3, 0.4) is 0 Å². The Kier molecular flexibility index (Phi) is 7.14. The second kappa shape index (κ2) is 10.4. The molecule has 1 aromatic heterocycles. The van der Waals surface area contributed by atoms with E-state index in [1.54, 1.807) is 35.2 Å². The summed E-state index contributed by atoms with van der Waals surface area (Å²) in [7, 11) is 0. The molecule has 0 bridgehead atoms. The summed E-state index contributed by atoms with van der Waals surface area (Å²) < 4.78 is 5.16. The first-order valence-electron chi connectivity index (χ1n) is 11.6. The van der Waals surface area contributed by atoms with Crippen molar-refractivity contribution in [3.05, 3.63) is 65.9 Å². The molecule has 9 heteroatoms. The first kappa shape index (κ1) is 24.0. The van der Waals surface area contributed by atoms with Gasteiger partial charge in [0.05, 0.1) is 23.4 Å². The number of hydrogen-bond acceptors (Lipinski definition) is 5. The van der Waals surface area contributed by atoms with Crippen molar-refractivity contribution in [2.75, 3.05) is 38.1 Å². The topological polar surface area (TPSA) is 112 Å². The monoisotopic (exact) mass is 476 g/mol. The van der Waals surface area contributed by atoms with Crippen molar-refractivity contribution in [1.82, 2.24) is 14.8 Å². The molecule has 35 heavy (non-hydrogen) atoms. The maximum Gasteiger partial charge on any atom is 0.411 e. The summed E-state index contributed by atoms with van der Waals surface area (Å²) in [6, 6.07) is 14.1. The van der Waals surface area contributed by atoms with Crippen molar-refractivity contribution < 1.29 is 23.9 Å². The van der Waals surface area contributed by atoms with Crippen LogP contribution in [-0.2, 0) is 9.53 Å². The van der Waals surface area contributed by atoms with Gasteiger partial charge in [0.1, 0.15) is 0 Å². The van der Waals surface area contributed by atoms with E-state index >= 15 is 0 Å². The molecule has 2 aromatic carbocycles. The molecule has 2 heterocycles. The number of piperazine rings is 1. The number of anilines is 1. The van der Waals surface area contributed by atoms with Gasteiger partial charge in [-0.25, -0.2) is 4.79 Å². The predicted octanol–water partition coefficient (Wildman–Crippen LogP) is 3.54. The van der Waals surface area contributed by atoms with Gasteiger partial charge in [0.25, 0.3) is 17.6 Å². The van der Waals surface area contributed by atoms with Crippen LogP contribution in [0.2, 0.25) is 0 Å². The van der Waals surface area contributed by atoms with E-state index < -0.39 is 17.8 Å². The van der Waals surface area contributed by atoms with Gasteiger partial charge in [0.2, 0.25) is 0 Å². The van der Waals surface area contributed by atoms with Crippen molar-refractivity contribution in [2.24, 2.45) is 5.92 Å². The Balaban J connectivity index is 1.42. The number of H-pyrrole nitrogens is 1. The molecule has 1 aliphatic heterocycles. The first-order valence-corrected chi connectivity index (χ1v) is 11.6. The van der Waals surface area contributed by atoms with E-state index in [-0.39, 0.29) is 37.1 Å². The molecule has 3 amide bonds. The highest BCUT2D eigenvalue weighted by atomic mass is 16.5. The van der Waals surface area contributed by atoms with Crippen molar-refractivity contribution >= 4 is 40.3 Å². The number of hydrogen-bond donors (Lipinski definition) is 2. The number of aromatic amines is 1. The van der Waals surface area contributed by atoms with Crippen LogP contribution >= 0.6 is 0 Å². The molecule has 4 rings (SSSR count). The summed E-state index contributed by atoms with van der Waals surface area (Å²) in [6.07, 6.45) is 0.887. The minimum absolute atomic E-state index is 0.0902. The maximum absolute atomic E-state index is 13.1. The molecule has 1 fully saturated rings. The second-order valence-electron chi connectivity index (χ2n) is 8.83. The van der Waals surface area contributed by atoms with Gasteiger partial charge in [-0.2, -0.15) is 0 Å². The Morgan fingerprint density at radius 1 is 0.943 bits per heavy atom. The fourth-order valence-electron chi connectivity index (χ4n) is 3.97. The average Bonchev–Trinajstić information content (AvgIpc) is 3.32. The summed E-state index contributed by atoms with van der Waals surface area (Å²) in [5.74, 6) is -1.14. The van der Waals surface area contributed by atoms with Crippen LogP contribution in [0.5, 0.6) is 0 Å². The largest absolute Gasteiger partial charge is 0.449 e. The van der Waals surface area contributed by atoms with Crippen molar-refractivity contribution in [3.8, 4) is 0 Å². The highest BCUT2D eigenvalue weighted by Gasteiger charge is 2.30. The van der Waals surface area contributed by atoms with Gasteiger partial charge in [-0.05, 0) is 24.1 Å². The number of amides is 3. The minimum Gasteiger partial charge on any atom is -0.449 e. The molecule has 0 unspecified atom stereocenters. The SMILES string of the molecule is CC(C)COC(=O)Nc1cccc2c(C(=O)C(=O)N3CCN(C(=O)c4ccccc4)CC3)c[nH]c12. The number of ether oxygens (including phenoxy) is 1. The summed E-state index contributed by atoms with van der Waals surface area (Å²) >= 11 is 0. The lowest BCUT2D eigenvalue weighted by Gasteiger charge is -2.34.